The fourth-order valence-electron chi connectivity index (χ4n) is 1.97. The van der Waals surface area contributed by atoms with Crippen molar-refractivity contribution in [1.82, 2.24) is 5.32 Å². The summed E-state index contributed by atoms with van der Waals surface area (Å²) in [5.74, 6) is 0.467. The molecule has 4 heteroatoms. The average molecular weight is 225 g/mol. The Balaban J connectivity index is 2.07. The van der Waals surface area contributed by atoms with Crippen molar-refractivity contribution < 1.29 is 9.53 Å². The Morgan fingerprint density at radius 3 is 3.27 bits per heavy atom. The number of ether oxygens (including phenoxy) is 1. The second-order valence-electron chi connectivity index (χ2n) is 3.83. The molecule has 0 spiro atoms. The van der Waals surface area contributed by atoms with Crippen molar-refractivity contribution in [3.63, 3.8) is 0 Å². The number of thiophene rings is 1. The van der Waals surface area contributed by atoms with Crippen LogP contribution in [0.5, 0.6) is 0 Å². The molecule has 15 heavy (non-hydrogen) atoms. The number of carbonyl (C=O) groups is 1. The maximum absolute atomic E-state index is 11.4. The molecular weight excluding hydrogens is 210 g/mol. The lowest BCUT2D eigenvalue weighted by molar-refractivity contribution is 0.0605. The van der Waals surface area contributed by atoms with E-state index in [2.05, 4.69) is 5.32 Å². The van der Waals surface area contributed by atoms with Gasteiger partial charge in [0.25, 0.3) is 0 Å². The highest BCUT2D eigenvalue weighted by Gasteiger charge is 2.19. The van der Waals surface area contributed by atoms with E-state index in [0.29, 0.717) is 5.92 Å². The maximum Gasteiger partial charge on any atom is 0.348 e. The van der Waals surface area contributed by atoms with Crippen molar-refractivity contribution in [2.45, 2.75) is 12.8 Å². The van der Waals surface area contributed by atoms with Gasteiger partial charge >= 0.3 is 5.97 Å². The predicted octanol–water partition coefficient (Wildman–Crippen LogP) is 1.69. The molecule has 1 saturated heterocycles. The summed E-state index contributed by atoms with van der Waals surface area (Å²) in [5, 5.41) is 5.30. The first-order chi connectivity index (χ1) is 7.31. The Morgan fingerprint density at radius 2 is 2.60 bits per heavy atom. The molecule has 0 saturated carbocycles. The molecule has 0 radical (unpaired) electrons. The van der Waals surface area contributed by atoms with Gasteiger partial charge in [-0.2, -0.15) is 0 Å². The van der Waals surface area contributed by atoms with Crippen LogP contribution in [0.1, 0.15) is 21.7 Å². The van der Waals surface area contributed by atoms with Gasteiger partial charge in [-0.05, 0) is 48.9 Å². The lowest BCUT2D eigenvalue weighted by atomic mass is 9.99. The largest absolute Gasteiger partial charge is 0.465 e. The Kier molecular flexibility index (Phi) is 3.38. The van der Waals surface area contributed by atoms with Crippen molar-refractivity contribution in [1.29, 1.82) is 0 Å². The van der Waals surface area contributed by atoms with E-state index in [1.807, 2.05) is 11.4 Å². The first-order valence-electron chi connectivity index (χ1n) is 5.16. The number of hydrogen-bond acceptors (Lipinski definition) is 4. The third-order valence-electron chi connectivity index (χ3n) is 2.79. The van der Waals surface area contributed by atoms with Gasteiger partial charge in [0.1, 0.15) is 4.88 Å². The third-order valence-corrected chi connectivity index (χ3v) is 3.73. The van der Waals surface area contributed by atoms with E-state index in [1.165, 1.54) is 24.9 Å². The SMILES string of the molecule is COC(=O)c1sccc1CC1CCNC1. The summed E-state index contributed by atoms with van der Waals surface area (Å²) in [6, 6.07) is 2.04. The van der Waals surface area contributed by atoms with Crippen LogP contribution in [0.15, 0.2) is 11.4 Å². The van der Waals surface area contributed by atoms with Gasteiger partial charge in [0, 0.05) is 0 Å². The molecule has 1 aliphatic rings. The second-order valence-corrected chi connectivity index (χ2v) is 4.75. The summed E-state index contributed by atoms with van der Waals surface area (Å²) in [4.78, 5) is 12.2. The molecule has 1 fully saturated rings. The standard InChI is InChI=1S/C11H15NO2S/c1-14-11(13)10-9(3-5-15-10)6-8-2-4-12-7-8/h3,5,8,12H,2,4,6-7H2,1H3. The summed E-state index contributed by atoms with van der Waals surface area (Å²) in [5.41, 5.74) is 1.14. The summed E-state index contributed by atoms with van der Waals surface area (Å²) in [7, 11) is 1.43. The molecule has 2 heterocycles. The lowest BCUT2D eigenvalue weighted by Gasteiger charge is -2.07. The summed E-state index contributed by atoms with van der Waals surface area (Å²) in [6.07, 6.45) is 2.19. The van der Waals surface area contributed by atoms with Gasteiger partial charge in [-0.15, -0.1) is 11.3 Å². The first kappa shape index (κ1) is 10.6. The average Bonchev–Trinajstić information content (AvgIpc) is 2.88. The number of nitrogens with one attached hydrogen (secondary N) is 1. The molecule has 82 valence electrons. The normalized spacial score (nSPS) is 20.5. The minimum atomic E-state index is -0.203. The predicted molar refractivity (Wildman–Crippen MR) is 60.3 cm³/mol. The van der Waals surface area contributed by atoms with Crippen LogP contribution < -0.4 is 5.32 Å². The molecule has 1 unspecified atom stereocenters. The topological polar surface area (TPSA) is 38.3 Å². The quantitative estimate of drug-likeness (QED) is 0.795. The summed E-state index contributed by atoms with van der Waals surface area (Å²) < 4.78 is 4.76. The van der Waals surface area contributed by atoms with Crippen LogP contribution in [-0.4, -0.2) is 26.2 Å². The van der Waals surface area contributed by atoms with Crippen molar-refractivity contribution >= 4 is 17.3 Å². The molecule has 1 atom stereocenters. The van der Waals surface area contributed by atoms with Gasteiger partial charge < -0.3 is 10.1 Å². The summed E-state index contributed by atoms with van der Waals surface area (Å²) in [6.45, 7) is 2.17. The number of esters is 1. The molecule has 3 nitrogen and oxygen atoms in total. The van der Waals surface area contributed by atoms with Crippen LogP contribution in [0.25, 0.3) is 0 Å². The third kappa shape index (κ3) is 2.38. The molecule has 0 aliphatic carbocycles. The molecule has 0 aromatic carbocycles. The monoisotopic (exact) mass is 225 g/mol. The van der Waals surface area contributed by atoms with Crippen molar-refractivity contribution in [2.75, 3.05) is 20.2 Å². The van der Waals surface area contributed by atoms with E-state index >= 15 is 0 Å². The minimum Gasteiger partial charge on any atom is -0.465 e. The van der Waals surface area contributed by atoms with E-state index in [9.17, 15) is 4.79 Å². The molecule has 1 N–H and O–H groups in total. The molecular formula is C11H15NO2S. The van der Waals surface area contributed by atoms with Crippen molar-refractivity contribution in [2.24, 2.45) is 5.92 Å². The minimum absolute atomic E-state index is 0.203. The van der Waals surface area contributed by atoms with E-state index in [-0.39, 0.29) is 5.97 Å². The van der Waals surface area contributed by atoms with Crippen molar-refractivity contribution in [3.8, 4) is 0 Å². The van der Waals surface area contributed by atoms with Crippen LogP contribution in [0.3, 0.4) is 0 Å². The van der Waals surface area contributed by atoms with E-state index in [1.54, 1.807) is 0 Å². The molecule has 2 rings (SSSR count). The van der Waals surface area contributed by atoms with Gasteiger partial charge in [-0.1, -0.05) is 0 Å². The highest BCUT2D eigenvalue weighted by atomic mass is 32.1. The second kappa shape index (κ2) is 4.77. The van der Waals surface area contributed by atoms with E-state index < -0.39 is 0 Å². The van der Waals surface area contributed by atoms with Crippen LogP contribution in [0.4, 0.5) is 0 Å². The van der Waals surface area contributed by atoms with Crippen LogP contribution in [-0.2, 0) is 11.2 Å². The molecule has 0 bridgehead atoms. The maximum atomic E-state index is 11.4. The Hall–Kier alpha value is -0.870. The highest BCUT2D eigenvalue weighted by molar-refractivity contribution is 7.12. The van der Waals surface area contributed by atoms with Gasteiger partial charge in [0.05, 0.1) is 7.11 Å². The molecule has 1 aromatic heterocycles. The Bertz CT molecular complexity index is 342. The van der Waals surface area contributed by atoms with Gasteiger partial charge in [0.2, 0.25) is 0 Å². The Morgan fingerprint density at radius 1 is 1.73 bits per heavy atom. The zero-order chi connectivity index (χ0) is 10.7. The lowest BCUT2D eigenvalue weighted by Crippen LogP contribution is -2.12. The molecule has 0 amide bonds. The van der Waals surface area contributed by atoms with Crippen LogP contribution in [0.2, 0.25) is 0 Å². The van der Waals surface area contributed by atoms with Gasteiger partial charge in [-0.3, -0.25) is 0 Å². The number of methoxy groups -OCH3 is 1. The molecule has 1 aromatic rings. The molecule has 1 aliphatic heterocycles. The van der Waals surface area contributed by atoms with Crippen LogP contribution in [0, 0.1) is 5.92 Å². The van der Waals surface area contributed by atoms with Gasteiger partial charge in [0.15, 0.2) is 0 Å². The zero-order valence-electron chi connectivity index (χ0n) is 8.79. The van der Waals surface area contributed by atoms with Gasteiger partial charge in [-0.25, -0.2) is 4.79 Å². The first-order valence-corrected chi connectivity index (χ1v) is 6.04. The summed E-state index contributed by atoms with van der Waals surface area (Å²) >= 11 is 1.47. The number of carbonyl (C=O) groups excluding carboxylic acids is 1. The van der Waals surface area contributed by atoms with E-state index in [0.717, 1.165) is 30.0 Å². The zero-order valence-corrected chi connectivity index (χ0v) is 9.60. The fraction of sp³-hybridized carbons (Fsp3) is 0.545. The number of rotatable bonds is 3. The van der Waals surface area contributed by atoms with Crippen LogP contribution >= 0.6 is 11.3 Å². The smallest absolute Gasteiger partial charge is 0.348 e. The fourth-order valence-corrected chi connectivity index (χ4v) is 2.82. The number of hydrogen-bond donors (Lipinski definition) is 1. The van der Waals surface area contributed by atoms with Crippen molar-refractivity contribution in [3.05, 3.63) is 21.9 Å². The highest BCUT2D eigenvalue weighted by Crippen LogP contribution is 2.23. The Labute approximate surface area is 93.4 Å². The van der Waals surface area contributed by atoms with E-state index in [4.69, 9.17) is 4.74 Å².